The van der Waals surface area contributed by atoms with Crippen molar-refractivity contribution in [2.75, 3.05) is 13.2 Å². The summed E-state index contributed by atoms with van der Waals surface area (Å²) in [7, 11) is 0. The fraction of sp³-hybridized carbons (Fsp3) is 0.556. The Labute approximate surface area is 101 Å². The van der Waals surface area contributed by atoms with Crippen LogP contribution in [0.5, 0.6) is 0 Å². The van der Waals surface area contributed by atoms with Crippen molar-refractivity contribution in [1.82, 2.24) is 5.32 Å². The van der Waals surface area contributed by atoms with E-state index in [1.807, 2.05) is 0 Å². The second-order valence-electron chi connectivity index (χ2n) is 3.01. The van der Waals surface area contributed by atoms with Crippen LogP contribution >= 0.6 is 12.4 Å². The summed E-state index contributed by atoms with van der Waals surface area (Å²) in [6, 6.07) is -0.626. The fourth-order valence-corrected chi connectivity index (χ4v) is 0.911. The van der Waals surface area contributed by atoms with Gasteiger partial charge in [-0.3, -0.25) is 10.2 Å². The lowest BCUT2D eigenvalue weighted by Crippen LogP contribution is -2.35. The van der Waals surface area contributed by atoms with Gasteiger partial charge < -0.3 is 21.5 Å². The average Bonchev–Trinajstić information content (AvgIpc) is 2.20. The van der Waals surface area contributed by atoms with Gasteiger partial charge in [0.25, 0.3) is 0 Å². The van der Waals surface area contributed by atoms with Crippen LogP contribution in [0.4, 0.5) is 0 Å². The third kappa shape index (κ3) is 9.29. The Morgan fingerprint density at radius 2 is 2.25 bits per heavy atom. The standard InChI is InChI=1S/C9H18N4O2.ClH/c1-2-6-15-8(14)7(10)4-3-5-13-9(11)12;/h2,7H,1,3-6,10H2,(H4,11,12,13);1H/t7-;/m0./s1. The molecule has 1 atom stereocenters. The molecular weight excluding hydrogens is 232 g/mol. The first-order valence-electron chi connectivity index (χ1n) is 4.69. The van der Waals surface area contributed by atoms with Crippen molar-refractivity contribution in [3.05, 3.63) is 12.7 Å². The number of carbonyl (C=O) groups is 1. The molecule has 0 saturated carbocycles. The molecule has 0 aliphatic carbocycles. The third-order valence-electron chi connectivity index (χ3n) is 1.65. The Balaban J connectivity index is 0. The highest BCUT2D eigenvalue weighted by molar-refractivity contribution is 5.85. The molecule has 0 aliphatic rings. The highest BCUT2D eigenvalue weighted by Gasteiger charge is 2.13. The molecule has 0 bridgehead atoms. The van der Waals surface area contributed by atoms with Gasteiger partial charge in [0, 0.05) is 6.54 Å². The summed E-state index contributed by atoms with van der Waals surface area (Å²) in [5, 5.41) is 9.51. The Hall–Kier alpha value is -1.27. The number of rotatable bonds is 7. The number of hydrogen-bond donors (Lipinski definition) is 4. The van der Waals surface area contributed by atoms with Gasteiger partial charge >= 0.3 is 5.97 Å². The number of nitrogens with two attached hydrogens (primary N) is 2. The lowest BCUT2D eigenvalue weighted by Gasteiger charge is -2.10. The van der Waals surface area contributed by atoms with Crippen LogP contribution in [0, 0.1) is 5.41 Å². The molecule has 6 nitrogen and oxygen atoms in total. The van der Waals surface area contributed by atoms with Crippen LogP contribution in [0.25, 0.3) is 0 Å². The van der Waals surface area contributed by atoms with Gasteiger partial charge in [-0.05, 0) is 12.8 Å². The zero-order valence-corrected chi connectivity index (χ0v) is 9.89. The zero-order valence-electron chi connectivity index (χ0n) is 9.07. The van der Waals surface area contributed by atoms with E-state index in [0.29, 0.717) is 19.4 Å². The maximum Gasteiger partial charge on any atom is 0.323 e. The van der Waals surface area contributed by atoms with Gasteiger partial charge in [0.05, 0.1) is 0 Å². The molecule has 0 aromatic rings. The molecule has 0 spiro atoms. The molecule has 0 unspecified atom stereocenters. The summed E-state index contributed by atoms with van der Waals surface area (Å²) in [6.07, 6.45) is 2.64. The molecule has 94 valence electrons. The largest absolute Gasteiger partial charge is 0.460 e. The van der Waals surface area contributed by atoms with E-state index in [2.05, 4.69) is 11.9 Å². The molecule has 16 heavy (non-hydrogen) atoms. The van der Waals surface area contributed by atoms with Crippen LogP contribution in [0.15, 0.2) is 12.7 Å². The van der Waals surface area contributed by atoms with Crippen molar-refractivity contribution in [1.29, 1.82) is 5.41 Å². The molecule has 0 fully saturated rings. The summed E-state index contributed by atoms with van der Waals surface area (Å²) < 4.78 is 4.76. The van der Waals surface area contributed by atoms with Crippen LogP contribution in [-0.2, 0) is 9.53 Å². The van der Waals surface area contributed by atoms with Crippen LogP contribution in [0.3, 0.4) is 0 Å². The summed E-state index contributed by atoms with van der Waals surface area (Å²) in [5.41, 5.74) is 10.6. The van der Waals surface area contributed by atoms with Crippen molar-refractivity contribution in [3.63, 3.8) is 0 Å². The van der Waals surface area contributed by atoms with Crippen molar-refractivity contribution >= 4 is 24.3 Å². The molecule has 0 aliphatic heterocycles. The number of nitrogens with one attached hydrogen (secondary N) is 2. The number of halogens is 1. The molecule has 0 radical (unpaired) electrons. The summed E-state index contributed by atoms with van der Waals surface area (Å²) in [4.78, 5) is 11.1. The zero-order chi connectivity index (χ0) is 11.7. The number of esters is 1. The number of guanidine groups is 1. The Morgan fingerprint density at radius 3 is 2.75 bits per heavy atom. The minimum atomic E-state index is -0.626. The lowest BCUT2D eigenvalue weighted by molar-refractivity contribution is -0.144. The first-order valence-corrected chi connectivity index (χ1v) is 4.69. The molecule has 0 aromatic carbocycles. The van der Waals surface area contributed by atoms with E-state index in [1.54, 1.807) is 0 Å². The summed E-state index contributed by atoms with van der Waals surface area (Å²) in [6.45, 7) is 4.13. The van der Waals surface area contributed by atoms with Crippen molar-refractivity contribution in [2.45, 2.75) is 18.9 Å². The quantitative estimate of drug-likeness (QED) is 0.163. The van der Waals surface area contributed by atoms with E-state index >= 15 is 0 Å². The predicted octanol–water partition coefficient (Wildman–Crippen LogP) is -0.272. The van der Waals surface area contributed by atoms with E-state index in [1.165, 1.54) is 6.08 Å². The van der Waals surface area contributed by atoms with Gasteiger partial charge in [0.2, 0.25) is 0 Å². The lowest BCUT2D eigenvalue weighted by atomic mass is 10.2. The van der Waals surface area contributed by atoms with Crippen LogP contribution in [0.1, 0.15) is 12.8 Å². The molecule has 0 amide bonds. The van der Waals surface area contributed by atoms with Gasteiger partial charge in [-0.1, -0.05) is 12.7 Å². The van der Waals surface area contributed by atoms with Gasteiger partial charge in [-0.2, -0.15) is 0 Å². The summed E-state index contributed by atoms with van der Waals surface area (Å²) in [5.74, 6) is -0.518. The van der Waals surface area contributed by atoms with E-state index in [9.17, 15) is 4.79 Å². The Kier molecular flexibility index (Phi) is 11.0. The van der Waals surface area contributed by atoms with Crippen molar-refractivity contribution < 1.29 is 9.53 Å². The molecular formula is C9H19ClN4O2. The molecule has 7 heteroatoms. The maximum atomic E-state index is 11.1. The number of carbonyl (C=O) groups excluding carboxylic acids is 1. The Morgan fingerprint density at radius 1 is 1.62 bits per heavy atom. The van der Waals surface area contributed by atoms with E-state index in [0.717, 1.165) is 0 Å². The second-order valence-corrected chi connectivity index (χ2v) is 3.01. The highest BCUT2D eigenvalue weighted by Crippen LogP contribution is 1.96. The first kappa shape index (κ1) is 17.1. The smallest absolute Gasteiger partial charge is 0.323 e. The average molecular weight is 251 g/mol. The first-order chi connectivity index (χ1) is 7.07. The predicted molar refractivity (Wildman–Crippen MR) is 65.5 cm³/mol. The normalized spacial score (nSPS) is 10.8. The molecule has 0 saturated heterocycles. The van der Waals surface area contributed by atoms with E-state index < -0.39 is 12.0 Å². The van der Waals surface area contributed by atoms with Crippen molar-refractivity contribution in [2.24, 2.45) is 11.5 Å². The SMILES string of the molecule is C=CCOC(=O)[C@@H](N)CCCNC(=N)N.Cl. The molecule has 0 rings (SSSR count). The van der Waals surface area contributed by atoms with Gasteiger partial charge in [-0.25, -0.2) is 0 Å². The van der Waals surface area contributed by atoms with Gasteiger partial charge in [-0.15, -0.1) is 12.4 Å². The molecule has 0 aromatic heterocycles. The highest BCUT2D eigenvalue weighted by atomic mass is 35.5. The van der Waals surface area contributed by atoms with Crippen molar-refractivity contribution in [3.8, 4) is 0 Å². The number of ether oxygens (including phenoxy) is 1. The molecule has 6 N–H and O–H groups in total. The maximum absolute atomic E-state index is 11.1. The Bertz CT molecular complexity index is 236. The minimum Gasteiger partial charge on any atom is -0.460 e. The fourth-order valence-electron chi connectivity index (χ4n) is 0.911. The van der Waals surface area contributed by atoms with E-state index in [-0.39, 0.29) is 25.0 Å². The molecule has 0 heterocycles. The van der Waals surface area contributed by atoms with Crippen LogP contribution in [0.2, 0.25) is 0 Å². The second kappa shape index (κ2) is 10.3. The topological polar surface area (TPSA) is 114 Å². The monoisotopic (exact) mass is 250 g/mol. The van der Waals surface area contributed by atoms with Gasteiger partial charge in [0.1, 0.15) is 12.6 Å². The van der Waals surface area contributed by atoms with E-state index in [4.69, 9.17) is 21.6 Å². The van der Waals surface area contributed by atoms with Crippen LogP contribution < -0.4 is 16.8 Å². The van der Waals surface area contributed by atoms with Crippen LogP contribution in [-0.4, -0.2) is 31.1 Å². The van der Waals surface area contributed by atoms with Gasteiger partial charge in [0.15, 0.2) is 5.96 Å². The third-order valence-corrected chi connectivity index (χ3v) is 1.65. The number of hydrogen-bond acceptors (Lipinski definition) is 4. The summed E-state index contributed by atoms with van der Waals surface area (Å²) >= 11 is 0. The minimum absolute atomic E-state index is 0.